The molecule has 4 heterocycles. The van der Waals surface area contributed by atoms with E-state index in [1.807, 2.05) is 11.0 Å². The number of benzene rings is 1. The fourth-order valence-corrected chi connectivity index (χ4v) is 6.91. The summed E-state index contributed by atoms with van der Waals surface area (Å²) >= 11 is 1.30. The molecule has 0 spiro atoms. The number of halogens is 2. The van der Waals surface area contributed by atoms with Gasteiger partial charge in [0.05, 0.1) is 22.5 Å². The van der Waals surface area contributed by atoms with Gasteiger partial charge < -0.3 is 4.90 Å². The van der Waals surface area contributed by atoms with Crippen molar-refractivity contribution in [3.63, 3.8) is 0 Å². The van der Waals surface area contributed by atoms with Crippen LogP contribution in [0.5, 0.6) is 0 Å². The Labute approximate surface area is 261 Å². The number of amides is 1. The first-order chi connectivity index (χ1) is 21.1. The van der Waals surface area contributed by atoms with E-state index in [1.54, 1.807) is 22.1 Å². The van der Waals surface area contributed by atoms with Crippen molar-refractivity contribution in [2.24, 2.45) is 11.8 Å². The number of carbonyl (C=O) groups excluding carboxylic acids is 1. The number of rotatable bonds is 9. The average molecular weight is 619 g/mol. The van der Waals surface area contributed by atoms with E-state index in [2.05, 4.69) is 51.7 Å². The Hall–Kier alpha value is -3.72. The van der Waals surface area contributed by atoms with E-state index < -0.39 is 6.43 Å². The highest BCUT2D eigenvalue weighted by molar-refractivity contribution is 7.13. The van der Waals surface area contributed by atoms with Gasteiger partial charge in [0.2, 0.25) is 0 Å². The highest BCUT2D eigenvalue weighted by Gasteiger charge is 2.29. The zero-order chi connectivity index (χ0) is 31.5. The average Bonchev–Trinajstić information content (AvgIpc) is 3.50. The number of hydrogen-bond acceptors (Lipinski definition) is 5. The van der Waals surface area contributed by atoms with Gasteiger partial charge in [-0.1, -0.05) is 52.8 Å². The third-order valence-corrected chi connectivity index (χ3v) is 9.18. The smallest absolute Gasteiger partial charge is 0.280 e. The topological polar surface area (TPSA) is 68.1 Å². The number of nitrogens with zero attached hydrogens (tertiary/aromatic N) is 4. The molecule has 232 valence electrons. The Kier molecular flexibility index (Phi) is 9.73. The van der Waals surface area contributed by atoms with Gasteiger partial charge in [-0.3, -0.25) is 19.1 Å². The molecule has 0 unspecified atom stereocenters. The van der Waals surface area contributed by atoms with Crippen LogP contribution in [-0.4, -0.2) is 38.4 Å². The molecule has 0 N–H and O–H groups in total. The minimum atomic E-state index is -2.66. The SMILES string of the molecule is CCc1cccc(CC)c1-n1c(CC(C)C)c(C(=O)N2CCC[C@@H](C)C2)cc(-c2nc(-c3ccc(C(F)F)nc3)cs2)c1=O. The van der Waals surface area contributed by atoms with Gasteiger partial charge in [0.25, 0.3) is 17.9 Å². The monoisotopic (exact) mass is 618 g/mol. The number of alkyl halides is 2. The van der Waals surface area contributed by atoms with E-state index in [0.717, 1.165) is 48.2 Å². The zero-order valence-corrected chi connectivity index (χ0v) is 26.9. The van der Waals surface area contributed by atoms with Gasteiger partial charge in [-0.05, 0) is 73.3 Å². The minimum Gasteiger partial charge on any atom is -0.338 e. The molecule has 0 bridgehead atoms. The lowest BCUT2D eigenvalue weighted by Crippen LogP contribution is -2.40. The largest absolute Gasteiger partial charge is 0.338 e. The van der Waals surface area contributed by atoms with Crippen molar-refractivity contribution in [3.05, 3.63) is 86.4 Å². The number of pyridine rings is 2. The number of carbonyl (C=O) groups is 1. The summed E-state index contributed by atoms with van der Waals surface area (Å²) in [4.78, 5) is 39.6. The molecular weight excluding hydrogens is 578 g/mol. The van der Waals surface area contributed by atoms with Gasteiger partial charge in [-0.15, -0.1) is 11.3 Å². The predicted molar refractivity (Wildman–Crippen MR) is 173 cm³/mol. The Bertz CT molecular complexity index is 1670. The number of piperidine rings is 1. The van der Waals surface area contributed by atoms with E-state index >= 15 is 0 Å². The van der Waals surface area contributed by atoms with E-state index in [4.69, 9.17) is 4.98 Å². The van der Waals surface area contributed by atoms with Crippen LogP contribution in [0.4, 0.5) is 8.78 Å². The number of likely N-dealkylation sites (tertiary alicyclic amines) is 1. The molecule has 1 aromatic carbocycles. The van der Waals surface area contributed by atoms with Crippen LogP contribution < -0.4 is 5.56 Å². The summed E-state index contributed by atoms with van der Waals surface area (Å²) in [6, 6.07) is 10.7. The van der Waals surface area contributed by atoms with Crippen LogP contribution in [-0.2, 0) is 19.3 Å². The van der Waals surface area contributed by atoms with Crippen LogP contribution in [0.15, 0.2) is 52.8 Å². The molecule has 5 rings (SSSR count). The van der Waals surface area contributed by atoms with Gasteiger partial charge in [0.15, 0.2) is 0 Å². The van der Waals surface area contributed by atoms with Gasteiger partial charge in [0, 0.05) is 35.9 Å². The maximum atomic E-state index is 14.7. The summed E-state index contributed by atoms with van der Waals surface area (Å²) in [5, 5.41) is 2.27. The second-order valence-electron chi connectivity index (χ2n) is 12.1. The van der Waals surface area contributed by atoms with Crippen molar-refractivity contribution >= 4 is 17.2 Å². The highest BCUT2D eigenvalue weighted by atomic mass is 32.1. The molecule has 0 aliphatic carbocycles. The first kappa shape index (κ1) is 31.7. The zero-order valence-electron chi connectivity index (χ0n) is 26.1. The fraction of sp³-hybridized carbons (Fsp3) is 0.429. The summed E-state index contributed by atoms with van der Waals surface area (Å²) in [5.41, 5.74) is 5.17. The molecule has 9 heteroatoms. The molecule has 3 aromatic heterocycles. The molecule has 0 saturated carbocycles. The Morgan fingerprint density at radius 3 is 2.43 bits per heavy atom. The third-order valence-electron chi connectivity index (χ3n) is 8.31. The minimum absolute atomic E-state index is 0.0576. The number of aromatic nitrogens is 3. The molecule has 4 aromatic rings. The lowest BCUT2D eigenvalue weighted by molar-refractivity contribution is 0.0680. The van der Waals surface area contributed by atoms with Crippen molar-refractivity contribution in [3.8, 4) is 27.5 Å². The summed E-state index contributed by atoms with van der Waals surface area (Å²) in [6.07, 6.45) is 2.79. The molecule has 1 amide bonds. The van der Waals surface area contributed by atoms with Crippen LogP contribution in [0, 0.1) is 11.8 Å². The molecule has 1 aliphatic heterocycles. The molecule has 1 saturated heterocycles. The third kappa shape index (κ3) is 6.39. The molecule has 44 heavy (non-hydrogen) atoms. The Balaban J connectivity index is 1.76. The molecule has 1 aliphatic rings. The quantitative estimate of drug-likeness (QED) is 0.190. The maximum absolute atomic E-state index is 14.7. The molecule has 0 radical (unpaired) electrons. The van der Waals surface area contributed by atoms with Crippen molar-refractivity contribution in [1.82, 2.24) is 19.4 Å². The number of hydrogen-bond donors (Lipinski definition) is 0. The van der Waals surface area contributed by atoms with Crippen molar-refractivity contribution in [2.45, 2.75) is 73.1 Å². The van der Waals surface area contributed by atoms with E-state index in [-0.39, 0.29) is 23.1 Å². The summed E-state index contributed by atoms with van der Waals surface area (Å²) in [7, 11) is 0. The number of thiazole rings is 1. The second kappa shape index (κ2) is 13.5. The van der Waals surface area contributed by atoms with Crippen LogP contribution in [0.3, 0.4) is 0 Å². The van der Waals surface area contributed by atoms with Crippen LogP contribution in [0.2, 0.25) is 0 Å². The molecule has 1 fully saturated rings. The summed E-state index contributed by atoms with van der Waals surface area (Å²) < 4.78 is 28.0. The summed E-state index contributed by atoms with van der Waals surface area (Å²) in [5.74, 6) is 0.552. The normalized spacial score (nSPS) is 15.4. The first-order valence-electron chi connectivity index (χ1n) is 15.5. The van der Waals surface area contributed by atoms with Gasteiger partial charge in [-0.25, -0.2) is 13.8 Å². The van der Waals surface area contributed by atoms with Crippen molar-refractivity contribution < 1.29 is 13.6 Å². The van der Waals surface area contributed by atoms with Gasteiger partial charge in [-0.2, -0.15) is 0 Å². The van der Waals surface area contributed by atoms with Crippen LogP contribution >= 0.6 is 11.3 Å². The summed E-state index contributed by atoms with van der Waals surface area (Å²) in [6.45, 7) is 11.9. The lowest BCUT2D eigenvalue weighted by atomic mass is 9.95. The van der Waals surface area contributed by atoms with E-state index in [1.165, 1.54) is 23.6 Å². The van der Waals surface area contributed by atoms with Gasteiger partial charge >= 0.3 is 0 Å². The van der Waals surface area contributed by atoms with Crippen molar-refractivity contribution in [2.75, 3.05) is 13.1 Å². The first-order valence-corrected chi connectivity index (χ1v) is 16.4. The highest BCUT2D eigenvalue weighted by Crippen LogP contribution is 2.32. The number of para-hydroxylation sites is 1. The lowest BCUT2D eigenvalue weighted by Gasteiger charge is -2.32. The molecular formula is C35H40F2N4O2S. The standard InChI is InChI=1S/C35H40F2N4O2S/c1-6-23-11-8-12-24(7-2)31(23)41-30(16-21(3)4)26(34(42)40-15-9-10-22(5)19-40)17-27(35(41)43)33-39-29(20-44-33)25-13-14-28(32(36)37)38-18-25/h8,11-14,17-18,20-22,32H,6-7,9-10,15-16,19H2,1-5H3/t22-/m1/s1. The number of aryl methyl sites for hydroxylation is 2. The fourth-order valence-electron chi connectivity index (χ4n) is 6.08. The Morgan fingerprint density at radius 2 is 1.84 bits per heavy atom. The van der Waals surface area contributed by atoms with Gasteiger partial charge in [0.1, 0.15) is 10.7 Å². The van der Waals surface area contributed by atoms with E-state index in [9.17, 15) is 18.4 Å². The molecule has 1 atom stereocenters. The maximum Gasteiger partial charge on any atom is 0.280 e. The van der Waals surface area contributed by atoms with Crippen molar-refractivity contribution in [1.29, 1.82) is 0 Å². The Morgan fingerprint density at radius 1 is 1.11 bits per heavy atom. The van der Waals surface area contributed by atoms with Crippen LogP contribution in [0.25, 0.3) is 27.5 Å². The van der Waals surface area contributed by atoms with E-state index in [0.29, 0.717) is 52.8 Å². The second-order valence-corrected chi connectivity index (χ2v) is 13.0. The predicted octanol–water partition coefficient (Wildman–Crippen LogP) is 8.16. The van der Waals surface area contributed by atoms with Crippen LogP contribution in [0.1, 0.15) is 86.8 Å². The molecule has 6 nitrogen and oxygen atoms in total.